The molecule has 0 aromatic carbocycles. The lowest BCUT2D eigenvalue weighted by Gasteiger charge is -2.13. The Labute approximate surface area is 105 Å². The average molecular weight is 258 g/mol. The summed E-state index contributed by atoms with van der Waals surface area (Å²) in [6.07, 6.45) is 3.89. The molecule has 0 rings (SSSR count). The molecular formula is C11H18N2O5. The number of aliphatic carboxylic acids is 2. The minimum Gasteiger partial charge on any atom is -0.481 e. The maximum Gasteiger partial charge on any atom is 0.326 e. The minimum absolute atomic E-state index is 0.146. The molecule has 18 heavy (non-hydrogen) atoms. The number of carbonyl (C=O) groups excluding carboxylic acids is 1. The van der Waals surface area contributed by atoms with Crippen LogP contribution in [0.1, 0.15) is 26.2 Å². The van der Waals surface area contributed by atoms with Gasteiger partial charge in [-0.3, -0.25) is 4.79 Å². The third-order valence-corrected chi connectivity index (χ3v) is 2.08. The van der Waals surface area contributed by atoms with E-state index in [1.807, 2.05) is 19.1 Å². The quantitative estimate of drug-likeness (QED) is 0.375. The van der Waals surface area contributed by atoms with Crippen molar-refractivity contribution in [3.05, 3.63) is 12.2 Å². The minimum atomic E-state index is -1.25. The molecule has 0 fully saturated rings. The second-order valence-electron chi connectivity index (χ2n) is 3.58. The highest BCUT2D eigenvalue weighted by atomic mass is 16.4. The predicted octanol–water partition coefficient (Wildman–Crippen LogP) is 0.570. The van der Waals surface area contributed by atoms with Crippen molar-refractivity contribution in [3.8, 4) is 0 Å². The smallest absolute Gasteiger partial charge is 0.326 e. The Balaban J connectivity index is 4.03. The van der Waals surface area contributed by atoms with Gasteiger partial charge in [0, 0.05) is 13.0 Å². The van der Waals surface area contributed by atoms with E-state index < -0.39 is 24.0 Å². The number of rotatable bonds is 8. The van der Waals surface area contributed by atoms with E-state index in [-0.39, 0.29) is 12.8 Å². The van der Waals surface area contributed by atoms with E-state index in [4.69, 9.17) is 10.2 Å². The Kier molecular flexibility index (Phi) is 8.00. The Morgan fingerprint density at radius 2 is 1.94 bits per heavy atom. The van der Waals surface area contributed by atoms with E-state index in [9.17, 15) is 14.4 Å². The first-order valence-corrected chi connectivity index (χ1v) is 5.57. The zero-order valence-corrected chi connectivity index (χ0v) is 10.2. The average Bonchev–Trinajstić information content (AvgIpc) is 2.29. The zero-order valence-electron chi connectivity index (χ0n) is 10.2. The van der Waals surface area contributed by atoms with Crippen LogP contribution in [0, 0.1) is 0 Å². The van der Waals surface area contributed by atoms with Gasteiger partial charge >= 0.3 is 18.0 Å². The molecule has 0 aromatic rings. The van der Waals surface area contributed by atoms with Gasteiger partial charge in [0.25, 0.3) is 0 Å². The van der Waals surface area contributed by atoms with Crippen LogP contribution in [0.25, 0.3) is 0 Å². The molecule has 1 atom stereocenters. The van der Waals surface area contributed by atoms with Gasteiger partial charge in [0.05, 0.1) is 0 Å². The molecule has 0 bridgehead atoms. The summed E-state index contributed by atoms with van der Waals surface area (Å²) < 4.78 is 0. The topological polar surface area (TPSA) is 116 Å². The highest BCUT2D eigenvalue weighted by Crippen LogP contribution is 1.97. The summed E-state index contributed by atoms with van der Waals surface area (Å²) in [6.45, 7) is 2.24. The Morgan fingerprint density at radius 1 is 1.28 bits per heavy atom. The summed E-state index contributed by atoms with van der Waals surface area (Å²) in [4.78, 5) is 32.4. The third kappa shape index (κ3) is 8.14. The zero-order chi connectivity index (χ0) is 14.0. The second kappa shape index (κ2) is 9.03. The molecule has 0 saturated heterocycles. The number of carboxylic acids is 2. The van der Waals surface area contributed by atoms with Gasteiger partial charge in [-0.15, -0.1) is 0 Å². The maximum atomic E-state index is 11.3. The summed E-state index contributed by atoms with van der Waals surface area (Å²) in [5, 5.41) is 21.9. The number of hydrogen-bond acceptors (Lipinski definition) is 3. The molecule has 2 amide bonds. The predicted molar refractivity (Wildman–Crippen MR) is 64.3 cm³/mol. The molecular weight excluding hydrogens is 240 g/mol. The number of amides is 2. The van der Waals surface area contributed by atoms with Crippen molar-refractivity contribution in [2.24, 2.45) is 0 Å². The fourth-order valence-electron chi connectivity index (χ4n) is 1.17. The lowest BCUT2D eigenvalue weighted by atomic mass is 10.1. The highest BCUT2D eigenvalue weighted by molar-refractivity contribution is 5.82. The van der Waals surface area contributed by atoms with Gasteiger partial charge in [0.2, 0.25) is 0 Å². The van der Waals surface area contributed by atoms with Crippen LogP contribution in [-0.2, 0) is 9.59 Å². The summed E-state index contributed by atoms with van der Waals surface area (Å²) in [6, 6.07) is -1.81. The fourth-order valence-corrected chi connectivity index (χ4v) is 1.17. The second-order valence-corrected chi connectivity index (χ2v) is 3.58. The number of urea groups is 1. The van der Waals surface area contributed by atoms with Crippen LogP contribution in [0.15, 0.2) is 12.2 Å². The molecule has 0 spiro atoms. The van der Waals surface area contributed by atoms with E-state index >= 15 is 0 Å². The molecule has 7 heteroatoms. The number of hydrogen-bond donors (Lipinski definition) is 4. The molecule has 0 aliphatic rings. The van der Waals surface area contributed by atoms with Crippen molar-refractivity contribution in [1.29, 1.82) is 0 Å². The summed E-state index contributed by atoms with van der Waals surface area (Å²) in [5.41, 5.74) is 0. The van der Waals surface area contributed by atoms with Crippen LogP contribution in [0.4, 0.5) is 4.79 Å². The number of carbonyl (C=O) groups is 3. The van der Waals surface area contributed by atoms with E-state index in [1.165, 1.54) is 0 Å². The van der Waals surface area contributed by atoms with E-state index in [0.29, 0.717) is 13.0 Å². The first kappa shape index (κ1) is 16.0. The lowest BCUT2D eigenvalue weighted by Crippen LogP contribution is -2.46. The van der Waals surface area contributed by atoms with Crippen LogP contribution in [0.2, 0.25) is 0 Å². The fraction of sp³-hybridized carbons (Fsp3) is 0.545. The van der Waals surface area contributed by atoms with Gasteiger partial charge in [0.1, 0.15) is 6.04 Å². The standard InChI is InChI=1S/C11H18N2O5/c1-2-3-4-7-12-11(18)13-8(10(16)17)5-6-9(14)15/h2-3,8H,4-7H2,1H3,(H,14,15)(H,16,17)(H2,12,13,18)/b3-2+/t8-/m0/s1. The SMILES string of the molecule is C/C=C/CCNC(=O)N[C@@H](CCC(=O)O)C(=O)O. The maximum absolute atomic E-state index is 11.3. The Hall–Kier alpha value is -2.05. The molecule has 0 heterocycles. The number of nitrogens with one attached hydrogen (secondary N) is 2. The van der Waals surface area contributed by atoms with Gasteiger partial charge in [0.15, 0.2) is 0 Å². The highest BCUT2D eigenvalue weighted by Gasteiger charge is 2.20. The molecule has 0 aromatic heterocycles. The molecule has 0 aliphatic heterocycles. The first-order chi connectivity index (χ1) is 8.47. The van der Waals surface area contributed by atoms with Crippen molar-refractivity contribution < 1.29 is 24.6 Å². The molecule has 0 saturated carbocycles. The Morgan fingerprint density at radius 3 is 2.44 bits per heavy atom. The summed E-state index contributed by atoms with van der Waals surface area (Å²) in [7, 11) is 0. The van der Waals surface area contributed by atoms with Crippen molar-refractivity contribution in [2.75, 3.05) is 6.54 Å². The monoisotopic (exact) mass is 258 g/mol. The van der Waals surface area contributed by atoms with Crippen LogP contribution in [-0.4, -0.2) is 40.8 Å². The molecule has 0 radical (unpaired) electrons. The largest absolute Gasteiger partial charge is 0.481 e. The summed E-state index contributed by atoms with van der Waals surface area (Å²) in [5.74, 6) is -2.35. The molecule has 0 unspecified atom stereocenters. The number of carboxylic acid groups (broad SMARTS) is 2. The number of allylic oxidation sites excluding steroid dienone is 1. The van der Waals surface area contributed by atoms with Crippen LogP contribution < -0.4 is 10.6 Å². The van der Waals surface area contributed by atoms with E-state index in [1.54, 1.807) is 0 Å². The van der Waals surface area contributed by atoms with Crippen LogP contribution in [0.3, 0.4) is 0 Å². The van der Waals surface area contributed by atoms with Gasteiger partial charge < -0.3 is 20.8 Å². The van der Waals surface area contributed by atoms with Crippen molar-refractivity contribution in [2.45, 2.75) is 32.2 Å². The van der Waals surface area contributed by atoms with Gasteiger partial charge in [-0.25, -0.2) is 9.59 Å². The van der Waals surface area contributed by atoms with Crippen molar-refractivity contribution in [3.63, 3.8) is 0 Å². The van der Waals surface area contributed by atoms with Crippen LogP contribution in [0.5, 0.6) is 0 Å². The van der Waals surface area contributed by atoms with E-state index in [0.717, 1.165) is 0 Å². The molecule has 102 valence electrons. The molecule has 0 aliphatic carbocycles. The van der Waals surface area contributed by atoms with Gasteiger partial charge in [-0.2, -0.15) is 0 Å². The normalized spacial score (nSPS) is 12.1. The molecule has 4 N–H and O–H groups in total. The molecule has 7 nitrogen and oxygen atoms in total. The van der Waals surface area contributed by atoms with E-state index in [2.05, 4.69) is 10.6 Å². The van der Waals surface area contributed by atoms with Crippen molar-refractivity contribution in [1.82, 2.24) is 10.6 Å². The first-order valence-electron chi connectivity index (χ1n) is 5.57. The van der Waals surface area contributed by atoms with Crippen molar-refractivity contribution >= 4 is 18.0 Å². The third-order valence-electron chi connectivity index (χ3n) is 2.08. The lowest BCUT2D eigenvalue weighted by molar-refractivity contribution is -0.140. The van der Waals surface area contributed by atoms with Gasteiger partial charge in [-0.1, -0.05) is 12.2 Å². The summed E-state index contributed by atoms with van der Waals surface area (Å²) >= 11 is 0. The van der Waals surface area contributed by atoms with Gasteiger partial charge in [-0.05, 0) is 19.8 Å². The Bertz CT molecular complexity index is 327. The van der Waals surface area contributed by atoms with Crippen LogP contribution >= 0.6 is 0 Å².